The fraction of sp³-hybridized carbons (Fsp3) is 0.200. The molecule has 1 saturated heterocycles. The average molecular weight is 579 g/mol. The van der Waals surface area contributed by atoms with Gasteiger partial charge < -0.3 is 0 Å². The van der Waals surface area contributed by atoms with Crippen LogP contribution in [0.1, 0.15) is 29.6 Å². The summed E-state index contributed by atoms with van der Waals surface area (Å²) < 4.78 is 2.67. The van der Waals surface area contributed by atoms with E-state index in [2.05, 4.69) is 21.4 Å². The standard InChI is InChI=1S/C25H20BrCl3N4O/c26-16-12-20(25(34)31-32-10-2-1-3-11-32)24-30-22(19-9-8-18(28)13-21(19)29)23(33(24)14-16)15-4-6-17(27)7-5-15/h4-9,12-14H,1-3,10-11H2,(H,31,34). The van der Waals surface area contributed by atoms with E-state index < -0.39 is 0 Å². The molecule has 2 aromatic heterocycles. The lowest BCUT2D eigenvalue weighted by molar-refractivity contribution is 0.0751. The van der Waals surface area contributed by atoms with Gasteiger partial charge in [-0.2, -0.15) is 0 Å². The normalized spacial score (nSPS) is 14.5. The predicted octanol–water partition coefficient (Wildman–Crippen LogP) is 7.52. The number of carbonyl (C=O) groups excluding carboxylic acids is 1. The zero-order valence-electron chi connectivity index (χ0n) is 18.0. The summed E-state index contributed by atoms with van der Waals surface area (Å²) in [7, 11) is 0. The van der Waals surface area contributed by atoms with Gasteiger partial charge in [0, 0.05) is 44.9 Å². The van der Waals surface area contributed by atoms with Crippen LogP contribution in [0, 0.1) is 0 Å². The van der Waals surface area contributed by atoms with E-state index in [1.54, 1.807) is 18.2 Å². The van der Waals surface area contributed by atoms with E-state index in [9.17, 15) is 4.79 Å². The summed E-state index contributed by atoms with van der Waals surface area (Å²) in [6, 6.07) is 14.6. The smallest absolute Gasteiger partial charge is 0.269 e. The Hall–Kier alpha value is -2.09. The number of benzene rings is 2. The molecular formula is C25H20BrCl3N4O. The Labute approximate surface area is 220 Å². The highest BCUT2D eigenvalue weighted by molar-refractivity contribution is 9.10. The van der Waals surface area contributed by atoms with Crippen LogP contribution in [0.4, 0.5) is 0 Å². The van der Waals surface area contributed by atoms with E-state index in [4.69, 9.17) is 39.8 Å². The van der Waals surface area contributed by atoms with Crippen molar-refractivity contribution >= 4 is 62.3 Å². The van der Waals surface area contributed by atoms with E-state index in [1.807, 2.05) is 45.9 Å². The predicted molar refractivity (Wildman–Crippen MR) is 142 cm³/mol. The zero-order chi connectivity index (χ0) is 23.8. The zero-order valence-corrected chi connectivity index (χ0v) is 21.8. The van der Waals surface area contributed by atoms with E-state index >= 15 is 0 Å². The van der Waals surface area contributed by atoms with Crippen LogP contribution < -0.4 is 5.43 Å². The summed E-state index contributed by atoms with van der Waals surface area (Å²) >= 11 is 22.5. The van der Waals surface area contributed by atoms with Gasteiger partial charge in [0.15, 0.2) is 5.65 Å². The van der Waals surface area contributed by atoms with Gasteiger partial charge in [0.2, 0.25) is 0 Å². The third kappa shape index (κ3) is 4.70. The number of hydrogen-bond acceptors (Lipinski definition) is 3. The Morgan fingerprint density at radius 2 is 1.65 bits per heavy atom. The van der Waals surface area contributed by atoms with Gasteiger partial charge in [-0.05, 0) is 65.2 Å². The third-order valence-electron chi connectivity index (χ3n) is 5.85. The molecular weight excluding hydrogens is 559 g/mol. The lowest BCUT2D eigenvalue weighted by Crippen LogP contribution is -2.45. The maximum absolute atomic E-state index is 13.3. The van der Waals surface area contributed by atoms with Gasteiger partial charge in [0.05, 0.1) is 22.0 Å². The molecule has 2 aromatic carbocycles. The highest BCUT2D eigenvalue weighted by Gasteiger charge is 2.24. The lowest BCUT2D eigenvalue weighted by Gasteiger charge is -2.26. The third-order valence-corrected chi connectivity index (χ3v) is 7.08. The Bertz CT molecular complexity index is 1380. The maximum Gasteiger partial charge on any atom is 0.269 e. The van der Waals surface area contributed by atoms with E-state index in [0.29, 0.717) is 32.0 Å². The molecule has 0 spiro atoms. The molecule has 4 aromatic rings. The fourth-order valence-corrected chi connectivity index (χ4v) is 5.30. The van der Waals surface area contributed by atoms with Crippen LogP contribution in [0.2, 0.25) is 15.1 Å². The molecule has 1 amide bonds. The minimum absolute atomic E-state index is 0.199. The summed E-state index contributed by atoms with van der Waals surface area (Å²) in [5.74, 6) is -0.199. The average Bonchev–Trinajstić information content (AvgIpc) is 3.18. The lowest BCUT2D eigenvalue weighted by atomic mass is 10.0. The number of hydrogen-bond donors (Lipinski definition) is 1. The first kappa shape index (κ1) is 23.6. The van der Waals surface area contributed by atoms with Gasteiger partial charge in [-0.3, -0.25) is 14.6 Å². The first-order valence-electron chi connectivity index (χ1n) is 10.9. The number of nitrogens with zero attached hydrogens (tertiary/aromatic N) is 3. The highest BCUT2D eigenvalue weighted by Crippen LogP contribution is 2.39. The molecule has 1 N–H and O–H groups in total. The molecule has 9 heteroatoms. The van der Waals surface area contributed by atoms with Crippen molar-refractivity contribution in [2.24, 2.45) is 0 Å². The van der Waals surface area contributed by atoms with Crippen molar-refractivity contribution in [3.8, 4) is 22.5 Å². The summed E-state index contributed by atoms with van der Waals surface area (Å²) in [6.07, 6.45) is 5.22. The Kier molecular flexibility index (Phi) is 6.87. The van der Waals surface area contributed by atoms with Gasteiger partial charge in [0.25, 0.3) is 5.91 Å². The molecule has 0 radical (unpaired) electrons. The van der Waals surface area contributed by atoms with Crippen LogP contribution in [0.5, 0.6) is 0 Å². The number of imidazole rings is 1. The Morgan fingerprint density at radius 1 is 0.941 bits per heavy atom. The Balaban J connectivity index is 1.72. The van der Waals surface area contributed by atoms with Gasteiger partial charge in [-0.25, -0.2) is 9.99 Å². The summed E-state index contributed by atoms with van der Waals surface area (Å²) in [5, 5.41) is 3.62. The van der Waals surface area contributed by atoms with Crippen LogP contribution in [-0.2, 0) is 0 Å². The van der Waals surface area contributed by atoms with Crippen molar-refractivity contribution in [2.75, 3.05) is 13.1 Å². The second-order valence-corrected chi connectivity index (χ2v) is 10.4. The second-order valence-electron chi connectivity index (χ2n) is 8.19. The summed E-state index contributed by atoms with van der Waals surface area (Å²) in [6.45, 7) is 1.68. The highest BCUT2D eigenvalue weighted by atomic mass is 79.9. The van der Waals surface area contributed by atoms with Crippen LogP contribution in [0.3, 0.4) is 0 Å². The number of fused-ring (bicyclic) bond motifs is 1. The van der Waals surface area contributed by atoms with Crippen molar-refractivity contribution in [3.63, 3.8) is 0 Å². The van der Waals surface area contributed by atoms with Crippen LogP contribution in [0.25, 0.3) is 28.2 Å². The molecule has 174 valence electrons. The van der Waals surface area contributed by atoms with Crippen molar-refractivity contribution in [3.05, 3.63) is 79.8 Å². The number of carbonyl (C=O) groups is 1. The quantitative estimate of drug-likeness (QED) is 0.273. The van der Waals surface area contributed by atoms with E-state index in [1.165, 1.54) is 6.42 Å². The van der Waals surface area contributed by atoms with Gasteiger partial charge in [-0.1, -0.05) is 53.4 Å². The largest absolute Gasteiger partial charge is 0.297 e. The molecule has 1 aliphatic heterocycles. The molecule has 1 aliphatic rings. The van der Waals surface area contributed by atoms with Crippen LogP contribution >= 0.6 is 50.7 Å². The number of nitrogens with one attached hydrogen (secondary N) is 1. The number of hydrazine groups is 1. The Morgan fingerprint density at radius 3 is 2.35 bits per heavy atom. The molecule has 0 bridgehead atoms. The first-order valence-corrected chi connectivity index (χ1v) is 12.8. The van der Waals surface area contributed by atoms with Crippen LogP contribution in [-0.4, -0.2) is 33.4 Å². The topological polar surface area (TPSA) is 49.6 Å². The SMILES string of the molecule is O=C(NN1CCCCC1)c1cc(Br)cn2c(-c3ccc(Cl)cc3)c(-c3ccc(Cl)cc3Cl)nc12. The molecule has 5 nitrogen and oxygen atoms in total. The van der Waals surface area contributed by atoms with E-state index in [-0.39, 0.29) is 5.91 Å². The minimum atomic E-state index is -0.199. The number of amides is 1. The van der Waals surface area contributed by atoms with Crippen molar-refractivity contribution < 1.29 is 4.79 Å². The molecule has 0 unspecified atom stereocenters. The molecule has 0 aliphatic carbocycles. The molecule has 5 rings (SSSR count). The fourth-order valence-electron chi connectivity index (χ4n) is 4.24. The van der Waals surface area contributed by atoms with Gasteiger partial charge in [0.1, 0.15) is 0 Å². The molecule has 1 fully saturated rings. The van der Waals surface area contributed by atoms with Gasteiger partial charge in [-0.15, -0.1) is 0 Å². The molecule has 34 heavy (non-hydrogen) atoms. The molecule has 3 heterocycles. The number of halogens is 4. The minimum Gasteiger partial charge on any atom is -0.297 e. The molecule has 0 atom stereocenters. The van der Waals surface area contributed by atoms with E-state index in [0.717, 1.165) is 47.2 Å². The van der Waals surface area contributed by atoms with Crippen LogP contribution in [0.15, 0.2) is 59.2 Å². The van der Waals surface area contributed by atoms with Crippen molar-refractivity contribution in [2.45, 2.75) is 19.3 Å². The second kappa shape index (κ2) is 9.88. The monoisotopic (exact) mass is 576 g/mol. The van der Waals surface area contributed by atoms with Crippen molar-refractivity contribution in [1.29, 1.82) is 0 Å². The molecule has 0 saturated carbocycles. The first-order chi connectivity index (χ1) is 16.4. The summed E-state index contributed by atoms with van der Waals surface area (Å²) in [5.41, 5.74) is 7.09. The van der Waals surface area contributed by atoms with Crippen molar-refractivity contribution in [1.82, 2.24) is 19.8 Å². The number of piperidine rings is 1. The summed E-state index contributed by atoms with van der Waals surface area (Å²) in [4.78, 5) is 18.3. The maximum atomic E-state index is 13.3. The van der Waals surface area contributed by atoms with Gasteiger partial charge >= 0.3 is 0 Å². The number of aromatic nitrogens is 2. The number of pyridine rings is 1. The number of rotatable bonds is 4.